The van der Waals surface area contributed by atoms with E-state index in [9.17, 15) is 4.39 Å². The molecule has 3 heteroatoms. The summed E-state index contributed by atoms with van der Waals surface area (Å²) in [4.78, 5) is 8.58. The molecular weight excluding hydrogens is 251 g/mol. The Morgan fingerprint density at radius 1 is 1.15 bits per heavy atom. The smallest absolute Gasteiger partial charge is 0.219 e. The molecule has 1 saturated carbocycles. The van der Waals surface area contributed by atoms with Gasteiger partial charge in [-0.15, -0.1) is 0 Å². The first-order valence-electron chi connectivity index (χ1n) is 8.25. The maximum absolute atomic E-state index is 14.0. The molecule has 0 radical (unpaired) electrons. The third-order valence-electron chi connectivity index (χ3n) is 4.54. The number of halogens is 1. The van der Waals surface area contributed by atoms with Crippen molar-refractivity contribution >= 4 is 0 Å². The third kappa shape index (κ3) is 4.00. The lowest BCUT2D eigenvalue weighted by Crippen LogP contribution is -2.16. The highest BCUT2D eigenvalue weighted by atomic mass is 19.1. The minimum absolute atomic E-state index is 0.292. The van der Waals surface area contributed by atoms with Gasteiger partial charge in [-0.2, -0.15) is 4.39 Å². The van der Waals surface area contributed by atoms with Crippen LogP contribution in [-0.2, 0) is 6.42 Å². The Labute approximate surface area is 122 Å². The standard InChI is InChI=1S/C17H27FN2/c1-3-5-7-15-12-19-17(20-16(15)18)14-10-8-13(6-4-2)9-11-14/h12-14H,3-11H2,1-2H3. The van der Waals surface area contributed by atoms with Crippen molar-refractivity contribution in [1.82, 2.24) is 9.97 Å². The van der Waals surface area contributed by atoms with Gasteiger partial charge in [-0.3, -0.25) is 0 Å². The molecule has 112 valence electrons. The third-order valence-corrected chi connectivity index (χ3v) is 4.54. The van der Waals surface area contributed by atoms with Gasteiger partial charge in [0, 0.05) is 17.7 Å². The molecule has 0 N–H and O–H groups in total. The van der Waals surface area contributed by atoms with E-state index >= 15 is 0 Å². The van der Waals surface area contributed by atoms with Gasteiger partial charge >= 0.3 is 0 Å². The SMILES string of the molecule is CCCCc1cnc(C2CCC(CCC)CC2)nc1F. The zero-order valence-corrected chi connectivity index (χ0v) is 12.9. The van der Waals surface area contributed by atoms with Gasteiger partial charge in [0.15, 0.2) is 0 Å². The monoisotopic (exact) mass is 278 g/mol. The van der Waals surface area contributed by atoms with Crippen LogP contribution >= 0.6 is 0 Å². The Morgan fingerprint density at radius 3 is 2.50 bits per heavy atom. The van der Waals surface area contributed by atoms with Gasteiger partial charge in [0.2, 0.25) is 5.95 Å². The first kappa shape index (κ1) is 15.4. The molecule has 0 amide bonds. The van der Waals surface area contributed by atoms with Crippen LogP contribution < -0.4 is 0 Å². The van der Waals surface area contributed by atoms with Gasteiger partial charge in [0.25, 0.3) is 0 Å². The van der Waals surface area contributed by atoms with Crippen molar-refractivity contribution in [2.75, 3.05) is 0 Å². The molecule has 20 heavy (non-hydrogen) atoms. The van der Waals surface area contributed by atoms with Crippen molar-refractivity contribution in [3.63, 3.8) is 0 Å². The van der Waals surface area contributed by atoms with E-state index in [1.165, 1.54) is 25.7 Å². The molecule has 1 fully saturated rings. The van der Waals surface area contributed by atoms with Crippen LogP contribution in [0.2, 0.25) is 0 Å². The molecule has 2 rings (SSSR count). The number of rotatable bonds is 6. The Hall–Kier alpha value is -0.990. The van der Waals surface area contributed by atoms with E-state index in [-0.39, 0.29) is 5.95 Å². The van der Waals surface area contributed by atoms with Crippen LogP contribution in [-0.4, -0.2) is 9.97 Å². The summed E-state index contributed by atoms with van der Waals surface area (Å²) in [5, 5.41) is 0. The highest BCUT2D eigenvalue weighted by Crippen LogP contribution is 2.36. The lowest BCUT2D eigenvalue weighted by molar-refractivity contribution is 0.300. The molecule has 1 aliphatic rings. The van der Waals surface area contributed by atoms with Gasteiger partial charge in [-0.05, 0) is 44.4 Å². The second-order valence-electron chi connectivity index (χ2n) is 6.15. The van der Waals surface area contributed by atoms with Crippen molar-refractivity contribution in [2.24, 2.45) is 5.92 Å². The first-order chi connectivity index (χ1) is 9.74. The molecule has 0 unspecified atom stereocenters. The predicted octanol–water partition coefficient (Wildman–Crippen LogP) is 5.03. The zero-order valence-electron chi connectivity index (χ0n) is 12.9. The lowest BCUT2D eigenvalue weighted by Gasteiger charge is -2.27. The fourth-order valence-corrected chi connectivity index (χ4v) is 3.25. The van der Waals surface area contributed by atoms with Gasteiger partial charge < -0.3 is 0 Å². The normalized spacial score (nSPS) is 22.9. The van der Waals surface area contributed by atoms with Crippen LogP contribution in [0, 0.1) is 11.9 Å². The molecule has 0 saturated heterocycles. The van der Waals surface area contributed by atoms with Crippen LogP contribution in [0.5, 0.6) is 0 Å². The molecule has 1 aromatic heterocycles. The average molecular weight is 278 g/mol. The minimum Gasteiger partial charge on any atom is -0.241 e. The Morgan fingerprint density at radius 2 is 1.90 bits per heavy atom. The van der Waals surface area contributed by atoms with E-state index in [1.807, 2.05) is 0 Å². The van der Waals surface area contributed by atoms with Crippen molar-refractivity contribution in [3.05, 3.63) is 23.5 Å². The molecule has 1 aromatic rings. The Kier molecular flexibility index (Phi) is 5.93. The van der Waals surface area contributed by atoms with Crippen LogP contribution in [0.1, 0.15) is 82.5 Å². The summed E-state index contributed by atoms with van der Waals surface area (Å²) in [6, 6.07) is 0. The van der Waals surface area contributed by atoms with E-state index < -0.39 is 0 Å². The molecule has 1 aliphatic carbocycles. The van der Waals surface area contributed by atoms with Crippen LogP contribution in [0.25, 0.3) is 0 Å². The van der Waals surface area contributed by atoms with Gasteiger partial charge in [0.1, 0.15) is 5.82 Å². The number of hydrogen-bond acceptors (Lipinski definition) is 2. The minimum atomic E-state index is -0.292. The van der Waals surface area contributed by atoms with Crippen molar-refractivity contribution in [1.29, 1.82) is 0 Å². The lowest BCUT2D eigenvalue weighted by atomic mass is 9.80. The fourth-order valence-electron chi connectivity index (χ4n) is 3.25. The van der Waals surface area contributed by atoms with Gasteiger partial charge in [0.05, 0.1) is 0 Å². The topological polar surface area (TPSA) is 25.8 Å². The molecular formula is C17H27FN2. The Bertz CT molecular complexity index is 411. The second-order valence-corrected chi connectivity index (χ2v) is 6.15. The molecule has 1 heterocycles. The highest BCUT2D eigenvalue weighted by Gasteiger charge is 2.24. The zero-order chi connectivity index (χ0) is 14.4. The highest BCUT2D eigenvalue weighted by molar-refractivity contribution is 5.10. The largest absolute Gasteiger partial charge is 0.241 e. The van der Waals surface area contributed by atoms with E-state index in [4.69, 9.17) is 0 Å². The number of nitrogens with zero attached hydrogens (tertiary/aromatic N) is 2. The second kappa shape index (κ2) is 7.70. The molecule has 0 aromatic carbocycles. The summed E-state index contributed by atoms with van der Waals surface area (Å²) >= 11 is 0. The number of unbranched alkanes of at least 4 members (excludes halogenated alkanes) is 1. The molecule has 0 bridgehead atoms. The number of aromatic nitrogens is 2. The molecule has 0 aliphatic heterocycles. The summed E-state index contributed by atoms with van der Waals surface area (Å²) < 4.78 is 14.0. The van der Waals surface area contributed by atoms with Crippen LogP contribution in [0.3, 0.4) is 0 Å². The van der Waals surface area contributed by atoms with Crippen molar-refractivity contribution < 1.29 is 4.39 Å². The summed E-state index contributed by atoms with van der Waals surface area (Å²) in [5.41, 5.74) is 0.676. The van der Waals surface area contributed by atoms with Crippen molar-refractivity contribution in [3.8, 4) is 0 Å². The fraction of sp³-hybridized carbons (Fsp3) is 0.765. The molecule has 0 atom stereocenters. The summed E-state index contributed by atoms with van der Waals surface area (Å²) in [5.74, 6) is 1.68. The summed E-state index contributed by atoms with van der Waals surface area (Å²) in [6.45, 7) is 4.36. The van der Waals surface area contributed by atoms with E-state index in [2.05, 4.69) is 23.8 Å². The van der Waals surface area contributed by atoms with E-state index in [0.29, 0.717) is 11.5 Å². The van der Waals surface area contributed by atoms with Gasteiger partial charge in [-0.25, -0.2) is 9.97 Å². The van der Waals surface area contributed by atoms with Crippen LogP contribution in [0.15, 0.2) is 6.20 Å². The van der Waals surface area contributed by atoms with Crippen molar-refractivity contribution in [2.45, 2.75) is 77.6 Å². The van der Waals surface area contributed by atoms with E-state index in [0.717, 1.165) is 43.8 Å². The maximum atomic E-state index is 14.0. The summed E-state index contributed by atoms with van der Waals surface area (Å²) in [7, 11) is 0. The van der Waals surface area contributed by atoms with Gasteiger partial charge in [-0.1, -0.05) is 33.1 Å². The van der Waals surface area contributed by atoms with E-state index in [1.54, 1.807) is 6.20 Å². The molecule has 2 nitrogen and oxygen atoms in total. The molecule has 0 spiro atoms. The quantitative estimate of drug-likeness (QED) is 0.682. The number of aryl methyl sites for hydroxylation is 1. The number of hydrogen-bond donors (Lipinski definition) is 0. The average Bonchev–Trinajstić information content (AvgIpc) is 2.47. The maximum Gasteiger partial charge on any atom is 0.219 e. The van der Waals surface area contributed by atoms with Crippen LogP contribution in [0.4, 0.5) is 4.39 Å². The predicted molar refractivity (Wildman–Crippen MR) is 80.2 cm³/mol. The Balaban J connectivity index is 1.95. The first-order valence-corrected chi connectivity index (χ1v) is 8.25. The summed E-state index contributed by atoms with van der Waals surface area (Å²) in [6.07, 6.45) is 11.9.